The zero-order valence-corrected chi connectivity index (χ0v) is 11.4. The lowest BCUT2D eigenvalue weighted by Crippen LogP contribution is -2.11. The second kappa shape index (κ2) is 4.32. The van der Waals surface area contributed by atoms with Gasteiger partial charge in [-0.25, -0.2) is 0 Å². The van der Waals surface area contributed by atoms with Crippen molar-refractivity contribution in [1.82, 2.24) is 0 Å². The predicted molar refractivity (Wildman–Crippen MR) is 90.0 cm³/mol. The van der Waals surface area contributed by atoms with Gasteiger partial charge in [0, 0.05) is 5.56 Å². The standard InChI is InChI=1S/C19H14N2/c20-19(21)17-7-3-6-14-10-15-8-12-4-1-2-5-13(12)9-16(15)11-18(14)17/h1-11H,(H3,20,21). The van der Waals surface area contributed by atoms with Crippen LogP contribution in [0, 0.1) is 5.41 Å². The third kappa shape index (κ3) is 1.84. The summed E-state index contributed by atoms with van der Waals surface area (Å²) in [6.45, 7) is 0. The third-order valence-electron chi connectivity index (χ3n) is 3.99. The highest BCUT2D eigenvalue weighted by atomic mass is 14.7. The van der Waals surface area contributed by atoms with Crippen LogP contribution in [0.4, 0.5) is 0 Å². The molecule has 0 aliphatic carbocycles. The van der Waals surface area contributed by atoms with Crippen molar-refractivity contribution in [3.63, 3.8) is 0 Å². The minimum atomic E-state index is 0.112. The monoisotopic (exact) mass is 270 g/mol. The number of benzene rings is 4. The summed E-state index contributed by atoms with van der Waals surface area (Å²) in [5.74, 6) is 0.112. The van der Waals surface area contributed by atoms with E-state index in [4.69, 9.17) is 11.1 Å². The summed E-state index contributed by atoms with van der Waals surface area (Å²) in [4.78, 5) is 0. The zero-order chi connectivity index (χ0) is 14.4. The molecule has 0 amide bonds. The van der Waals surface area contributed by atoms with E-state index < -0.39 is 0 Å². The summed E-state index contributed by atoms with van der Waals surface area (Å²) in [5, 5.41) is 14.7. The molecule has 100 valence electrons. The van der Waals surface area contributed by atoms with Crippen molar-refractivity contribution < 1.29 is 0 Å². The lowest BCUT2D eigenvalue weighted by atomic mass is 9.97. The second-order valence-electron chi connectivity index (χ2n) is 5.34. The maximum atomic E-state index is 7.73. The van der Waals surface area contributed by atoms with E-state index in [0.29, 0.717) is 0 Å². The summed E-state index contributed by atoms with van der Waals surface area (Å²) in [6, 6.07) is 23.0. The fraction of sp³-hybridized carbons (Fsp3) is 0. The van der Waals surface area contributed by atoms with E-state index in [2.05, 4.69) is 54.6 Å². The molecule has 0 spiro atoms. The average Bonchev–Trinajstić information content (AvgIpc) is 2.50. The van der Waals surface area contributed by atoms with Gasteiger partial charge in [0.15, 0.2) is 0 Å². The van der Waals surface area contributed by atoms with Gasteiger partial charge >= 0.3 is 0 Å². The Morgan fingerprint density at radius 3 is 1.90 bits per heavy atom. The maximum absolute atomic E-state index is 7.73. The van der Waals surface area contributed by atoms with Gasteiger partial charge in [-0.1, -0.05) is 42.5 Å². The van der Waals surface area contributed by atoms with Crippen molar-refractivity contribution in [1.29, 1.82) is 5.41 Å². The normalized spacial score (nSPS) is 11.2. The Hall–Kier alpha value is -2.87. The topological polar surface area (TPSA) is 49.9 Å². The van der Waals surface area contributed by atoms with Gasteiger partial charge in [-0.05, 0) is 56.6 Å². The van der Waals surface area contributed by atoms with Crippen LogP contribution in [0.25, 0.3) is 32.3 Å². The number of rotatable bonds is 1. The smallest absolute Gasteiger partial charge is 0.123 e. The number of fused-ring (bicyclic) bond motifs is 3. The zero-order valence-electron chi connectivity index (χ0n) is 11.4. The Labute approximate surface area is 122 Å². The molecule has 3 N–H and O–H groups in total. The molecule has 2 heteroatoms. The number of hydrogen-bond donors (Lipinski definition) is 2. The van der Waals surface area contributed by atoms with Gasteiger partial charge < -0.3 is 5.73 Å². The van der Waals surface area contributed by atoms with Crippen molar-refractivity contribution >= 4 is 38.2 Å². The molecule has 0 bridgehead atoms. The van der Waals surface area contributed by atoms with Gasteiger partial charge in [0.1, 0.15) is 5.84 Å². The first-order chi connectivity index (χ1) is 10.2. The SMILES string of the molecule is N=C(N)c1cccc2cc3cc4ccccc4cc3cc12. The minimum Gasteiger partial charge on any atom is -0.384 e. The van der Waals surface area contributed by atoms with Gasteiger partial charge in [0.05, 0.1) is 0 Å². The van der Waals surface area contributed by atoms with Crippen LogP contribution in [-0.2, 0) is 0 Å². The first-order valence-electron chi connectivity index (χ1n) is 6.92. The molecular weight excluding hydrogens is 256 g/mol. The Morgan fingerprint density at radius 2 is 1.24 bits per heavy atom. The van der Waals surface area contributed by atoms with Crippen LogP contribution in [0.2, 0.25) is 0 Å². The Balaban J connectivity index is 2.15. The molecule has 0 saturated carbocycles. The fourth-order valence-corrected chi connectivity index (χ4v) is 2.95. The summed E-state index contributed by atoms with van der Waals surface area (Å²) >= 11 is 0. The molecule has 21 heavy (non-hydrogen) atoms. The molecule has 4 rings (SSSR count). The summed E-state index contributed by atoms with van der Waals surface area (Å²) < 4.78 is 0. The van der Waals surface area contributed by atoms with Gasteiger partial charge in [0.25, 0.3) is 0 Å². The molecular formula is C19H14N2. The lowest BCUT2D eigenvalue weighted by molar-refractivity contribution is 1.44. The van der Waals surface area contributed by atoms with Crippen LogP contribution in [0.15, 0.2) is 66.7 Å². The van der Waals surface area contributed by atoms with Crippen molar-refractivity contribution in [3.05, 3.63) is 72.3 Å². The highest BCUT2D eigenvalue weighted by molar-refractivity contribution is 6.12. The Morgan fingerprint density at radius 1 is 0.667 bits per heavy atom. The van der Waals surface area contributed by atoms with Crippen LogP contribution in [-0.4, -0.2) is 5.84 Å². The van der Waals surface area contributed by atoms with Crippen LogP contribution in [0.5, 0.6) is 0 Å². The molecule has 0 atom stereocenters. The highest BCUT2D eigenvalue weighted by Gasteiger charge is 2.06. The number of nitrogen functional groups attached to an aromatic ring is 1. The third-order valence-corrected chi connectivity index (χ3v) is 3.99. The van der Waals surface area contributed by atoms with E-state index in [9.17, 15) is 0 Å². The number of amidine groups is 1. The second-order valence-corrected chi connectivity index (χ2v) is 5.34. The molecule has 0 fully saturated rings. The average molecular weight is 270 g/mol. The lowest BCUT2D eigenvalue weighted by Gasteiger charge is -2.08. The molecule has 0 heterocycles. The van der Waals surface area contributed by atoms with Gasteiger partial charge in [-0.2, -0.15) is 0 Å². The van der Waals surface area contributed by atoms with Gasteiger partial charge in [-0.15, -0.1) is 0 Å². The van der Waals surface area contributed by atoms with E-state index in [1.807, 2.05) is 12.1 Å². The molecule has 0 saturated heterocycles. The van der Waals surface area contributed by atoms with E-state index in [1.165, 1.54) is 21.5 Å². The molecule has 0 aromatic heterocycles. The molecule has 0 aliphatic rings. The molecule has 0 unspecified atom stereocenters. The van der Waals surface area contributed by atoms with E-state index >= 15 is 0 Å². The van der Waals surface area contributed by atoms with Crippen LogP contribution >= 0.6 is 0 Å². The predicted octanol–water partition coefficient (Wildman–Crippen LogP) is 4.43. The van der Waals surface area contributed by atoms with Crippen LogP contribution in [0.3, 0.4) is 0 Å². The number of nitrogens with one attached hydrogen (secondary N) is 1. The number of nitrogens with two attached hydrogens (primary N) is 1. The molecule has 2 nitrogen and oxygen atoms in total. The summed E-state index contributed by atoms with van der Waals surface area (Å²) in [5.41, 5.74) is 6.49. The first-order valence-corrected chi connectivity index (χ1v) is 6.92. The Kier molecular flexibility index (Phi) is 2.45. The highest BCUT2D eigenvalue weighted by Crippen LogP contribution is 2.28. The molecule has 4 aromatic rings. The van der Waals surface area contributed by atoms with E-state index in [1.54, 1.807) is 0 Å². The van der Waals surface area contributed by atoms with Crippen LogP contribution in [0.1, 0.15) is 5.56 Å². The molecule has 0 aliphatic heterocycles. The van der Waals surface area contributed by atoms with Crippen molar-refractivity contribution in [2.45, 2.75) is 0 Å². The maximum Gasteiger partial charge on any atom is 0.123 e. The van der Waals surface area contributed by atoms with Crippen molar-refractivity contribution in [3.8, 4) is 0 Å². The largest absolute Gasteiger partial charge is 0.384 e. The van der Waals surface area contributed by atoms with Gasteiger partial charge in [0.2, 0.25) is 0 Å². The van der Waals surface area contributed by atoms with Crippen LogP contribution < -0.4 is 5.73 Å². The summed E-state index contributed by atoms with van der Waals surface area (Å²) in [7, 11) is 0. The minimum absolute atomic E-state index is 0.112. The fourth-order valence-electron chi connectivity index (χ4n) is 2.95. The molecule has 0 radical (unpaired) electrons. The summed E-state index contributed by atoms with van der Waals surface area (Å²) in [6.07, 6.45) is 0. The quantitative estimate of drug-likeness (QED) is 0.300. The van der Waals surface area contributed by atoms with E-state index in [0.717, 1.165) is 16.3 Å². The van der Waals surface area contributed by atoms with E-state index in [-0.39, 0.29) is 5.84 Å². The first kappa shape index (κ1) is 11.9. The van der Waals surface area contributed by atoms with Gasteiger partial charge in [-0.3, -0.25) is 5.41 Å². The molecule has 4 aromatic carbocycles. The number of hydrogen-bond acceptors (Lipinski definition) is 1. The Bertz CT molecular complexity index is 1020. The van der Waals surface area contributed by atoms with Crippen molar-refractivity contribution in [2.24, 2.45) is 5.73 Å². The van der Waals surface area contributed by atoms with Crippen molar-refractivity contribution in [2.75, 3.05) is 0 Å².